The molecule has 0 amide bonds. The van der Waals surface area contributed by atoms with Gasteiger partial charge in [-0.05, 0) is 35.8 Å². The Kier molecular flexibility index (Phi) is 4.22. The predicted octanol–water partition coefficient (Wildman–Crippen LogP) is 4.09. The minimum Gasteiger partial charge on any atom is -0.310 e. The molecular formula is C16H25N. The van der Waals surface area contributed by atoms with Gasteiger partial charge in [-0.3, -0.25) is 0 Å². The average Bonchev–Trinajstić information content (AvgIpc) is 2.73. The zero-order valence-corrected chi connectivity index (χ0v) is 11.4. The molecule has 0 heterocycles. The van der Waals surface area contributed by atoms with Crippen molar-refractivity contribution in [2.45, 2.75) is 58.5 Å². The van der Waals surface area contributed by atoms with Crippen LogP contribution in [0.3, 0.4) is 0 Å². The molecule has 2 unspecified atom stereocenters. The van der Waals surface area contributed by atoms with Crippen LogP contribution >= 0.6 is 0 Å². The summed E-state index contributed by atoms with van der Waals surface area (Å²) in [7, 11) is 0. The van der Waals surface area contributed by atoms with Gasteiger partial charge in [-0.15, -0.1) is 0 Å². The first-order valence-corrected chi connectivity index (χ1v) is 6.99. The summed E-state index contributed by atoms with van der Waals surface area (Å²) >= 11 is 0. The third-order valence-corrected chi connectivity index (χ3v) is 4.08. The standard InChI is InChI=1S/C16H25N/c1-12(2)15-9-7-14(8-10-15)11-17-16-6-4-5-13(16)3/h7-10,12-13,16-17H,4-6,11H2,1-3H3. The molecule has 2 atom stereocenters. The Bertz CT molecular complexity index is 339. The molecule has 1 aromatic carbocycles. The molecule has 1 aliphatic carbocycles. The lowest BCUT2D eigenvalue weighted by atomic mass is 10.0. The largest absolute Gasteiger partial charge is 0.310 e. The molecule has 1 aliphatic rings. The first-order chi connectivity index (χ1) is 8.16. The van der Waals surface area contributed by atoms with Gasteiger partial charge in [-0.2, -0.15) is 0 Å². The van der Waals surface area contributed by atoms with Gasteiger partial charge in [0.25, 0.3) is 0 Å². The molecule has 0 bridgehead atoms. The van der Waals surface area contributed by atoms with Crippen molar-refractivity contribution in [2.75, 3.05) is 0 Å². The summed E-state index contributed by atoms with van der Waals surface area (Å²) in [6.45, 7) is 7.88. The van der Waals surface area contributed by atoms with Gasteiger partial charge in [-0.1, -0.05) is 51.5 Å². The monoisotopic (exact) mass is 231 g/mol. The number of hydrogen-bond donors (Lipinski definition) is 1. The summed E-state index contributed by atoms with van der Waals surface area (Å²) in [5, 5.41) is 3.70. The Hall–Kier alpha value is -0.820. The van der Waals surface area contributed by atoms with E-state index in [1.54, 1.807) is 0 Å². The van der Waals surface area contributed by atoms with Crippen LogP contribution in [-0.2, 0) is 6.54 Å². The molecule has 1 N–H and O–H groups in total. The molecule has 1 heteroatoms. The van der Waals surface area contributed by atoms with Crippen LogP contribution in [0.2, 0.25) is 0 Å². The van der Waals surface area contributed by atoms with E-state index in [-0.39, 0.29) is 0 Å². The second kappa shape index (κ2) is 5.68. The highest BCUT2D eigenvalue weighted by Gasteiger charge is 2.22. The van der Waals surface area contributed by atoms with Crippen molar-refractivity contribution in [1.29, 1.82) is 0 Å². The Morgan fingerprint density at radius 2 is 1.88 bits per heavy atom. The quantitative estimate of drug-likeness (QED) is 0.823. The van der Waals surface area contributed by atoms with Crippen molar-refractivity contribution in [3.63, 3.8) is 0 Å². The fourth-order valence-electron chi connectivity index (χ4n) is 2.72. The Labute approximate surface area is 106 Å². The van der Waals surface area contributed by atoms with Crippen LogP contribution in [-0.4, -0.2) is 6.04 Å². The molecule has 0 aliphatic heterocycles. The summed E-state index contributed by atoms with van der Waals surface area (Å²) in [4.78, 5) is 0. The van der Waals surface area contributed by atoms with Gasteiger partial charge in [0.15, 0.2) is 0 Å². The van der Waals surface area contributed by atoms with Crippen molar-refractivity contribution >= 4 is 0 Å². The van der Waals surface area contributed by atoms with Crippen LogP contribution < -0.4 is 5.32 Å². The Balaban J connectivity index is 1.86. The molecular weight excluding hydrogens is 206 g/mol. The topological polar surface area (TPSA) is 12.0 Å². The zero-order valence-electron chi connectivity index (χ0n) is 11.4. The van der Waals surface area contributed by atoms with Gasteiger partial charge in [0.05, 0.1) is 0 Å². The summed E-state index contributed by atoms with van der Waals surface area (Å²) in [6, 6.07) is 9.79. The normalized spacial score (nSPS) is 24.5. The van der Waals surface area contributed by atoms with Gasteiger partial charge < -0.3 is 5.32 Å². The molecule has 0 spiro atoms. The number of nitrogens with one attached hydrogen (secondary N) is 1. The molecule has 0 aromatic heterocycles. The van der Waals surface area contributed by atoms with Crippen molar-refractivity contribution in [3.8, 4) is 0 Å². The number of rotatable bonds is 4. The van der Waals surface area contributed by atoms with E-state index in [0.717, 1.165) is 18.5 Å². The number of hydrogen-bond acceptors (Lipinski definition) is 1. The van der Waals surface area contributed by atoms with Crippen molar-refractivity contribution in [3.05, 3.63) is 35.4 Å². The van der Waals surface area contributed by atoms with Crippen LogP contribution in [0.4, 0.5) is 0 Å². The molecule has 0 saturated heterocycles. The second-order valence-electron chi connectivity index (χ2n) is 5.79. The molecule has 17 heavy (non-hydrogen) atoms. The predicted molar refractivity (Wildman–Crippen MR) is 74.2 cm³/mol. The average molecular weight is 231 g/mol. The summed E-state index contributed by atoms with van der Waals surface area (Å²) in [5.41, 5.74) is 2.84. The maximum Gasteiger partial charge on any atom is 0.0208 e. The Morgan fingerprint density at radius 1 is 1.18 bits per heavy atom. The van der Waals surface area contributed by atoms with Crippen LogP contribution in [0.15, 0.2) is 24.3 Å². The fraction of sp³-hybridized carbons (Fsp3) is 0.625. The maximum absolute atomic E-state index is 3.70. The van der Waals surface area contributed by atoms with Gasteiger partial charge in [-0.25, -0.2) is 0 Å². The molecule has 94 valence electrons. The summed E-state index contributed by atoms with van der Waals surface area (Å²) < 4.78 is 0. The van der Waals surface area contributed by atoms with Crippen LogP contribution in [0, 0.1) is 5.92 Å². The van der Waals surface area contributed by atoms with Crippen molar-refractivity contribution in [1.82, 2.24) is 5.32 Å². The third-order valence-electron chi connectivity index (χ3n) is 4.08. The van der Waals surface area contributed by atoms with E-state index < -0.39 is 0 Å². The third kappa shape index (κ3) is 3.32. The van der Waals surface area contributed by atoms with Crippen molar-refractivity contribution < 1.29 is 0 Å². The van der Waals surface area contributed by atoms with E-state index in [9.17, 15) is 0 Å². The van der Waals surface area contributed by atoms with E-state index in [4.69, 9.17) is 0 Å². The first-order valence-electron chi connectivity index (χ1n) is 6.99. The highest BCUT2D eigenvalue weighted by atomic mass is 14.9. The first kappa shape index (κ1) is 12.6. The molecule has 1 nitrogen and oxygen atoms in total. The van der Waals surface area contributed by atoms with Crippen LogP contribution in [0.5, 0.6) is 0 Å². The minimum atomic E-state index is 0.631. The lowest BCUT2D eigenvalue weighted by molar-refractivity contribution is 0.426. The number of benzene rings is 1. The smallest absolute Gasteiger partial charge is 0.0208 e. The van der Waals surface area contributed by atoms with Gasteiger partial charge in [0.2, 0.25) is 0 Å². The highest BCUT2D eigenvalue weighted by molar-refractivity contribution is 5.24. The fourth-order valence-corrected chi connectivity index (χ4v) is 2.72. The molecule has 2 rings (SSSR count). The second-order valence-corrected chi connectivity index (χ2v) is 5.79. The van der Waals surface area contributed by atoms with Crippen LogP contribution in [0.25, 0.3) is 0 Å². The summed E-state index contributed by atoms with van der Waals surface area (Å²) in [5.74, 6) is 1.48. The zero-order chi connectivity index (χ0) is 12.3. The van der Waals surface area contributed by atoms with E-state index in [1.165, 1.54) is 30.4 Å². The van der Waals surface area contributed by atoms with Crippen molar-refractivity contribution in [2.24, 2.45) is 5.92 Å². The minimum absolute atomic E-state index is 0.631. The molecule has 1 aromatic rings. The lowest BCUT2D eigenvalue weighted by Crippen LogP contribution is -2.30. The highest BCUT2D eigenvalue weighted by Crippen LogP contribution is 2.25. The molecule has 0 radical (unpaired) electrons. The molecule has 1 fully saturated rings. The summed E-state index contributed by atoms with van der Waals surface area (Å²) in [6.07, 6.45) is 4.14. The van der Waals surface area contributed by atoms with Crippen LogP contribution in [0.1, 0.15) is 57.1 Å². The van der Waals surface area contributed by atoms with E-state index in [0.29, 0.717) is 5.92 Å². The van der Waals surface area contributed by atoms with Gasteiger partial charge in [0, 0.05) is 12.6 Å². The van der Waals surface area contributed by atoms with E-state index >= 15 is 0 Å². The van der Waals surface area contributed by atoms with Gasteiger partial charge >= 0.3 is 0 Å². The van der Waals surface area contributed by atoms with Gasteiger partial charge in [0.1, 0.15) is 0 Å². The van der Waals surface area contributed by atoms with E-state index in [2.05, 4.69) is 50.4 Å². The lowest BCUT2D eigenvalue weighted by Gasteiger charge is -2.17. The maximum atomic E-state index is 3.70. The molecule has 1 saturated carbocycles. The Morgan fingerprint density at radius 3 is 2.41 bits per heavy atom. The SMILES string of the molecule is CC(C)c1ccc(CNC2CCCC2C)cc1. The van der Waals surface area contributed by atoms with E-state index in [1.807, 2.05) is 0 Å².